The van der Waals surface area contributed by atoms with Crippen molar-refractivity contribution in [3.63, 3.8) is 0 Å². The molecule has 0 amide bonds. The summed E-state index contributed by atoms with van der Waals surface area (Å²) in [5.41, 5.74) is 0.509. The number of nitrogens with zero attached hydrogens (tertiary/aromatic N) is 2. The fourth-order valence-corrected chi connectivity index (χ4v) is 2.80. The van der Waals surface area contributed by atoms with Crippen LogP contribution in [0.15, 0.2) is 12.1 Å². The highest BCUT2D eigenvalue weighted by Gasteiger charge is 2.32. The Morgan fingerprint density at radius 3 is 2.65 bits per heavy atom. The number of pyridine rings is 1. The number of likely N-dealkylation sites (N-methyl/N-ethyl adjacent to an activating group) is 1. The van der Waals surface area contributed by atoms with E-state index >= 15 is 0 Å². The summed E-state index contributed by atoms with van der Waals surface area (Å²) in [5, 5.41) is 10.4. The molecule has 0 aliphatic heterocycles. The van der Waals surface area contributed by atoms with E-state index in [1.54, 1.807) is 19.1 Å². The molecule has 1 aromatic rings. The Morgan fingerprint density at radius 2 is 2.10 bits per heavy atom. The molecule has 1 aromatic heterocycles. The molecule has 1 saturated carbocycles. The van der Waals surface area contributed by atoms with E-state index in [4.69, 9.17) is 4.74 Å². The van der Waals surface area contributed by atoms with Crippen LogP contribution in [0.2, 0.25) is 0 Å². The van der Waals surface area contributed by atoms with Crippen LogP contribution in [0, 0.1) is 6.92 Å². The van der Waals surface area contributed by atoms with E-state index < -0.39 is 5.60 Å². The number of carbonyl (C=O) groups is 1. The summed E-state index contributed by atoms with van der Waals surface area (Å²) in [6.45, 7) is 2.35. The van der Waals surface area contributed by atoms with Crippen LogP contribution in [0.3, 0.4) is 0 Å². The van der Waals surface area contributed by atoms with Gasteiger partial charge in [-0.1, -0.05) is 12.8 Å². The van der Waals surface area contributed by atoms with Crippen molar-refractivity contribution >= 4 is 11.8 Å². The van der Waals surface area contributed by atoms with Crippen molar-refractivity contribution in [2.75, 3.05) is 25.6 Å². The van der Waals surface area contributed by atoms with Crippen LogP contribution in [0.1, 0.15) is 41.7 Å². The standard InChI is InChI=1S/C15H22N2O3/c1-11-12(14(18)20-3)6-7-13(16-11)17(2)10-15(19)8-4-5-9-15/h6-7,19H,4-5,8-10H2,1-3H3. The van der Waals surface area contributed by atoms with Gasteiger partial charge in [0, 0.05) is 13.6 Å². The highest BCUT2D eigenvalue weighted by molar-refractivity contribution is 5.90. The van der Waals surface area contributed by atoms with Gasteiger partial charge in [0.25, 0.3) is 0 Å². The first-order valence-corrected chi connectivity index (χ1v) is 6.95. The Kier molecular flexibility index (Phi) is 4.28. The zero-order chi connectivity index (χ0) is 14.8. The van der Waals surface area contributed by atoms with E-state index in [1.807, 2.05) is 11.9 Å². The average molecular weight is 278 g/mol. The number of hydrogen-bond donors (Lipinski definition) is 1. The average Bonchev–Trinajstić information content (AvgIpc) is 2.84. The zero-order valence-corrected chi connectivity index (χ0v) is 12.3. The Hall–Kier alpha value is -1.62. The number of methoxy groups -OCH3 is 1. The molecule has 1 aliphatic carbocycles. The summed E-state index contributed by atoms with van der Waals surface area (Å²) in [5.74, 6) is 0.383. The summed E-state index contributed by atoms with van der Waals surface area (Å²) in [6, 6.07) is 3.51. The first-order valence-electron chi connectivity index (χ1n) is 6.95. The number of aryl methyl sites for hydroxylation is 1. The molecule has 2 rings (SSSR count). The zero-order valence-electron chi connectivity index (χ0n) is 12.3. The third-order valence-corrected chi connectivity index (χ3v) is 3.93. The number of hydrogen-bond acceptors (Lipinski definition) is 5. The second kappa shape index (κ2) is 5.79. The minimum atomic E-state index is -0.606. The predicted octanol–water partition coefficient (Wildman–Crippen LogP) is 1.92. The molecular weight excluding hydrogens is 256 g/mol. The van der Waals surface area contributed by atoms with Crippen LogP contribution in [0.25, 0.3) is 0 Å². The molecule has 0 radical (unpaired) electrons. The van der Waals surface area contributed by atoms with Gasteiger partial charge in [-0.05, 0) is 31.9 Å². The largest absolute Gasteiger partial charge is 0.465 e. The molecule has 20 heavy (non-hydrogen) atoms. The minimum absolute atomic E-state index is 0.376. The lowest BCUT2D eigenvalue weighted by atomic mass is 10.0. The molecule has 1 N–H and O–H groups in total. The van der Waals surface area contributed by atoms with Gasteiger partial charge in [-0.2, -0.15) is 0 Å². The molecule has 0 aromatic carbocycles. The maximum absolute atomic E-state index is 11.5. The van der Waals surface area contributed by atoms with Crippen molar-refractivity contribution in [1.29, 1.82) is 0 Å². The van der Waals surface area contributed by atoms with Gasteiger partial charge in [0.2, 0.25) is 0 Å². The van der Waals surface area contributed by atoms with E-state index in [1.165, 1.54) is 7.11 Å². The SMILES string of the molecule is COC(=O)c1ccc(N(C)CC2(O)CCCC2)nc1C. The molecule has 0 spiro atoms. The number of carbonyl (C=O) groups excluding carboxylic acids is 1. The van der Waals surface area contributed by atoms with Crippen LogP contribution in [0.4, 0.5) is 5.82 Å². The lowest BCUT2D eigenvalue weighted by molar-refractivity contribution is 0.0555. The molecule has 0 atom stereocenters. The van der Waals surface area contributed by atoms with E-state index in [2.05, 4.69) is 4.98 Å². The molecular formula is C15H22N2O3. The molecule has 5 heteroatoms. The first-order chi connectivity index (χ1) is 9.45. The summed E-state index contributed by atoms with van der Waals surface area (Å²) in [6.07, 6.45) is 3.85. The van der Waals surface area contributed by atoms with Crippen molar-refractivity contribution in [1.82, 2.24) is 4.98 Å². The summed E-state index contributed by atoms with van der Waals surface area (Å²) < 4.78 is 4.71. The molecule has 1 fully saturated rings. The van der Waals surface area contributed by atoms with Crippen LogP contribution >= 0.6 is 0 Å². The maximum atomic E-state index is 11.5. The van der Waals surface area contributed by atoms with Crippen molar-refractivity contribution in [3.05, 3.63) is 23.4 Å². The highest BCUT2D eigenvalue weighted by Crippen LogP contribution is 2.30. The van der Waals surface area contributed by atoms with Crippen LogP contribution < -0.4 is 4.90 Å². The normalized spacial score (nSPS) is 17.0. The fraction of sp³-hybridized carbons (Fsp3) is 0.600. The Labute approximate surface area is 119 Å². The van der Waals surface area contributed by atoms with Gasteiger partial charge in [0.15, 0.2) is 0 Å². The fourth-order valence-electron chi connectivity index (χ4n) is 2.80. The third kappa shape index (κ3) is 3.10. The van der Waals surface area contributed by atoms with Gasteiger partial charge >= 0.3 is 5.97 Å². The summed E-state index contributed by atoms with van der Waals surface area (Å²) in [4.78, 5) is 17.9. The Bertz CT molecular complexity index is 496. The lowest BCUT2D eigenvalue weighted by Crippen LogP contribution is -2.39. The minimum Gasteiger partial charge on any atom is -0.465 e. The van der Waals surface area contributed by atoms with Gasteiger partial charge in [0.05, 0.1) is 24.0 Å². The number of rotatable bonds is 4. The molecule has 1 aliphatic rings. The van der Waals surface area contributed by atoms with E-state index in [9.17, 15) is 9.90 Å². The number of esters is 1. The smallest absolute Gasteiger partial charge is 0.339 e. The highest BCUT2D eigenvalue weighted by atomic mass is 16.5. The van der Waals surface area contributed by atoms with Gasteiger partial charge in [-0.25, -0.2) is 9.78 Å². The molecule has 5 nitrogen and oxygen atoms in total. The van der Waals surface area contributed by atoms with Crippen molar-refractivity contribution < 1.29 is 14.6 Å². The van der Waals surface area contributed by atoms with Crippen molar-refractivity contribution in [2.45, 2.75) is 38.2 Å². The number of aliphatic hydroxyl groups is 1. The Balaban J connectivity index is 2.12. The third-order valence-electron chi connectivity index (χ3n) is 3.93. The monoisotopic (exact) mass is 278 g/mol. The number of aromatic nitrogens is 1. The van der Waals surface area contributed by atoms with Gasteiger partial charge in [0.1, 0.15) is 5.82 Å². The quantitative estimate of drug-likeness (QED) is 0.853. The molecule has 110 valence electrons. The lowest BCUT2D eigenvalue weighted by Gasteiger charge is -2.29. The van der Waals surface area contributed by atoms with E-state index in [0.717, 1.165) is 31.5 Å². The predicted molar refractivity (Wildman–Crippen MR) is 77.0 cm³/mol. The van der Waals surface area contributed by atoms with Crippen LogP contribution in [-0.4, -0.2) is 42.4 Å². The topological polar surface area (TPSA) is 62.7 Å². The maximum Gasteiger partial charge on any atom is 0.339 e. The molecule has 0 saturated heterocycles. The van der Waals surface area contributed by atoms with Gasteiger partial charge < -0.3 is 14.7 Å². The Morgan fingerprint density at radius 1 is 1.45 bits per heavy atom. The van der Waals surface area contributed by atoms with Crippen LogP contribution in [0.5, 0.6) is 0 Å². The van der Waals surface area contributed by atoms with Crippen LogP contribution in [-0.2, 0) is 4.74 Å². The van der Waals surface area contributed by atoms with Gasteiger partial charge in [-0.15, -0.1) is 0 Å². The number of ether oxygens (including phenoxy) is 1. The summed E-state index contributed by atoms with van der Waals surface area (Å²) >= 11 is 0. The molecule has 0 bridgehead atoms. The van der Waals surface area contributed by atoms with Gasteiger partial charge in [-0.3, -0.25) is 0 Å². The summed E-state index contributed by atoms with van der Waals surface area (Å²) in [7, 11) is 3.27. The van der Waals surface area contributed by atoms with Crippen molar-refractivity contribution in [3.8, 4) is 0 Å². The molecule has 0 unspecified atom stereocenters. The molecule has 1 heterocycles. The number of anilines is 1. The second-order valence-corrected chi connectivity index (χ2v) is 5.58. The van der Waals surface area contributed by atoms with E-state index in [-0.39, 0.29) is 5.97 Å². The van der Waals surface area contributed by atoms with Crippen molar-refractivity contribution in [2.24, 2.45) is 0 Å². The second-order valence-electron chi connectivity index (χ2n) is 5.58. The van der Waals surface area contributed by atoms with E-state index in [0.29, 0.717) is 17.8 Å². The first kappa shape index (κ1) is 14.8.